The number of rotatable bonds is 9. The molecule has 0 bridgehead atoms. The van der Waals surface area contributed by atoms with E-state index in [-0.39, 0.29) is 11.4 Å². The summed E-state index contributed by atoms with van der Waals surface area (Å²) >= 11 is 0. The second kappa shape index (κ2) is 7.83. The molecule has 0 aliphatic heterocycles. The maximum absolute atomic E-state index is 12.2. The molecule has 2 heterocycles. The third-order valence-electron chi connectivity index (χ3n) is 4.03. The van der Waals surface area contributed by atoms with Crippen molar-refractivity contribution in [1.82, 2.24) is 14.5 Å². The fourth-order valence-corrected chi connectivity index (χ4v) is 3.50. The summed E-state index contributed by atoms with van der Waals surface area (Å²) in [5.74, 6) is 0.474. The number of hydrogen-bond acceptors (Lipinski definition) is 5. The van der Waals surface area contributed by atoms with Crippen molar-refractivity contribution in [3.8, 4) is 0 Å². The maximum Gasteiger partial charge on any atom is 0.326 e. The fraction of sp³-hybridized carbons (Fsp3) is 0.625. The molecule has 0 amide bonds. The minimum absolute atomic E-state index is 0.135. The van der Waals surface area contributed by atoms with Crippen LogP contribution in [-0.4, -0.2) is 35.0 Å². The highest BCUT2D eigenvalue weighted by Crippen LogP contribution is 2.19. The van der Waals surface area contributed by atoms with Gasteiger partial charge in [0, 0.05) is 24.2 Å². The highest BCUT2D eigenvalue weighted by molar-refractivity contribution is 7.90. The Bertz CT molecular complexity index is 852. The number of unbranched alkanes of at least 4 members (excludes halogenated alkanes) is 3. The van der Waals surface area contributed by atoms with Crippen LogP contribution in [0.4, 0.5) is 5.82 Å². The number of sulfone groups is 1. The molecule has 0 aromatic carbocycles. The second-order valence-electron chi connectivity index (χ2n) is 6.27. The number of nitrogens with two attached hydrogens (primary N) is 1. The Labute approximate surface area is 142 Å². The lowest BCUT2D eigenvalue weighted by Crippen LogP contribution is -2.17. The van der Waals surface area contributed by atoms with Crippen LogP contribution in [0.3, 0.4) is 0 Å². The fourth-order valence-electron chi connectivity index (χ4n) is 2.77. The summed E-state index contributed by atoms with van der Waals surface area (Å²) in [4.78, 5) is 19.3. The SMILES string of the molecule is CCCCCc1cc2c([nH]c(=O)n2CCCCS(C)(=O)=O)c(N)n1. The number of imidazole rings is 1. The molecule has 3 N–H and O–H groups in total. The van der Waals surface area contributed by atoms with Crippen LogP contribution >= 0.6 is 0 Å². The summed E-state index contributed by atoms with van der Waals surface area (Å²) in [6.45, 7) is 2.61. The topological polar surface area (TPSA) is 111 Å². The van der Waals surface area contributed by atoms with E-state index in [4.69, 9.17) is 5.73 Å². The van der Waals surface area contributed by atoms with Crippen molar-refractivity contribution in [2.75, 3.05) is 17.7 Å². The van der Waals surface area contributed by atoms with Crippen molar-refractivity contribution in [1.29, 1.82) is 0 Å². The summed E-state index contributed by atoms with van der Waals surface area (Å²) in [5, 5.41) is 0. The molecule has 0 aliphatic rings. The van der Waals surface area contributed by atoms with Gasteiger partial charge in [-0.1, -0.05) is 19.8 Å². The van der Waals surface area contributed by atoms with E-state index in [0.29, 0.717) is 30.7 Å². The monoisotopic (exact) mass is 354 g/mol. The Morgan fingerprint density at radius 3 is 2.67 bits per heavy atom. The molecule has 0 aliphatic carbocycles. The molecule has 2 rings (SSSR count). The molecule has 134 valence electrons. The molecular weight excluding hydrogens is 328 g/mol. The first-order valence-corrected chi connectivity index (χ1v) is 10.4. The number of hydrogen-bond donors (Lipinski definition) is 2. The first-order valence-electron chi connectivity index (χ1n) is 8.37. The number of aryl methyl sites for hydroxylation is 2. The number of nitrogen functional groups attached to an aromatic ring is 1. The summed E-state index contributed by atoms with van der Waals surface area (Å²) in [7, 11) is -2.97. The third kappa shape index (κ3) is 4.83. The van der Waals surface area contributed by atoms with Crippen LogP contribution in [0, 0.1) is 0 Å². The molecule has 0 radical (unpaired) electrons. The molecule has 0 spiro atoms. The maximum atomic E-state index is 12.2. The second-order valence-corrected chi connectivity index (χ2v) is 8.53. The summed E-state index contributed by atoms with van der Waals surface area (Å²) in [5.41, 5.74) is 7.94. The molecule has 8 heteroatoms. The Hall–Kier alpha value is -1.83. The van der Waals surface area contributed by atoms with Crippen molar-refractivity contribution in [2.45, 2.75) is 52.0 Å². The third-order valence-corrected chi connectivity index (χ3v) is 5.06. The number of anilines is 1. The highest BCUT2D eigenvalue weighted by Gasteiger charge is 2.12. The van der Waals surface area contributed by atoms with Crippen LogP contribution in [0.1, 0.15) is 44.7 Å². The number of aromatic nitrogens is 3. The van der Waals surface area contributed by atoms with Crippen molar-refractivity contribution in [3.05, 3.63) is 22.2 Å². The average Bonchev–Trinajstić information content (AvgIpc) is 2.80. The number of fused-ring (bicyclic) bond motifs is 1. The van der Waals surface area contributed by atoms with Crippen LogP contribution in [0.25, 0.3) is 11.0 Å². The Morgan fingerprint density at radius 1 is 1.25 bits per heavy atom. The molecule has 0 atom stereocenters. The molecule has 0 unspecified atom stereocenters. The van der Waals surface area contributed by atoms with Gasteiger partial charge in [-0.15, -0.1) is 0 Å². The van der Waals surface area contributed by atoms with Gasteiger partial charge in [-0.25, -0.2) is 18.2 Å². The van der Waals surface area contributed by atoms with E-state index in [2.05, 4.69) is 16.9 Å². The van der Waals surface area contributed by atoms with Gasteiger partial charge in [-0.05, 0) is 31.7 Å². The molecule has 0 saturated carbocycles. The molecule has 0 fully saturated rings. The van der Waals surface area contributed by atoms with E-state index in [9.17, 15) is 13.2 Å². The molecular formula is C16H26N4O3S. The largest absolute Gasteiger partial charge is 0.382 e. The lowest BCUT2D eigenvalue weighted by Gasteiger charge is -2.06. The van der Waals surface area contributed by atoms with Crippen molar-refractivity contribution in [2.24, 2.45) is 0 Å². The van der Waals surface area contributed by atoms with Crippen LogP contribution < -0.4 is 11.4 Å². The minimum atomic E-state index is -2.97. The van der Waals surface area contributed by atoms with E-state index >= 15 is 0 Å². The van der Waals surface area contributed by atoms with Gasteiger partial charge in [0.2, 0.25) is 0 Å². The van der Waals surface area contributed by atoms with Gasteiger partial charge in [-0.2, -0.15) is 0 Å². The molecule has 0 saturated heterocycles. The molecule has 2 aromatic rings. The molecule has 2 aromatic heterocycles. The Morgan fingerprint density at radius 2 is 2.00 bits per heavy atom. The van der Waals surface area contributed by atoms with E-state index in [1.807, 2.05) is 6.07 Å². The Balaban J connectivity index is 2.19. The summed E-state index contributed by atoms with van der Waals surface area (Å²) in [6.07, 6.45) is 6.51. The van der Waals surface area contributed by atoms with Gasteiger partial charge >= 0.3 is 5.69 Å². The van der Waals surface area contributed by atoms with E-state index in [1.165, 1.54) is 6.26 Å². The van der Waals surface area contributed by atoms with E-state index in [0.717, 1.165) is 36.9 Å². The first kappa shape index (κ1) is 18.5. The van der Waals surface area contributed by atoms with E-state index < -0.39 is 9.84 Å². The number of pyridine rings is 1. The van der Waals surface area contributed by atoms with Gasteiger partial charge in [0.05, 0.1) is 5.52 Å². The van der Waals surface area contributed by atoms with Crippen molar-refractivity contribution in [3.63, 3.8) is 0 Å². The van der Waals surface area contributed by atoms with Crippen molar-refractivity contribution >= 4 is 26.7 Å². The molecule has 7 nitrogen and oxygen atoms in total. The lowest BCUT2D eigenvalue weighted by molar-refractivity contribution is 0.587. The first-order chi connectivity index (χ1) is 11.3. The van der Waals surface area contributed by atoms with Gasteiger partial charge in [-0.3, -0.25) is 4.57 Å². The number of H-pyrrole nitrogens is 1. The minimum Gasteiger partial charge on any atom is -0.382 e. The Kier molecular flexibility index (Phi) is 6.04. The standard InChI is InChI=1S/C16H26N4O3S/c1-3-4-5-8-12-11-13-14(15(17)18-12)19-16(21)20(13)9-6-7-10-24(2,22)23/h11H,3-10H2,1-2H3,(H2,17,18)(H,19,21). The quantitative estimate of drug-likeness (QED) is 0.668. The predicted molar refractivity (Wildman–Crippen MR) is 96.9 cm³/mol. The summed E-state index contributed by atoms with van der Waals surface area (Å²) < 4.78 is 24.0. The van der Waals surface area contributed by atoms with Gasteiger partial charge < -0.3 is 10.7 Å². The lowest BCUT2D eigenvalue weighted by atomic mass is 10.1. The summed E-state index contributed by atoms with van der Waals surface area (Å²) in [6, 6.07) is 1.91. The predicted octanol–water partition coefficient (Wildman–Crippen LogP) is 1.86. The van der Waals surface area contributed by atoms with Gasteiger partial charge in [0.15, 0.2) is 0 Å². The van der Waals surface area contributed by atoms with Crippen LogP contribution in [0.5, 0.6) is 0 Å². The number of nitrogens with one attached hydrogen (secondary N) is 1. The smallest absolute Gasteiger partial charge is 0.326 e. The zero-order valence-electron chi connectivity index (χ0n) is 14.3. The molecule has 24 heavy (non-hydrogen) atoms. The van der Waals surface area contributed by atoms with Crippen LogP contribution in [0.15, 0.2) is 10.9 Å². The van der Waals surface area contributed by atoms with Crippen LogP contribution in [0.2, 0.25) is 0 Å². The zero-order chi connectivity index (χ0) is 17.7. The van der Waals surface area contributed by atoms with E-state index in [1.54, 1.807) is 4.57 Å². The van der Waals surface area contributed by atoms with Crippen LogP contribution in [-0.2, 0) is 22.8 Å². The van der Waals surface area contributed by atoms with Crippen molar-refractivity contribution < 1.29 is 8.42 Å². The van der Waals surface area contributed by atoms with Gasteiger partial charge in [0.1, 0.15) is 21.2 Å². The average molecular weight is 354 g/mol. The number of aromatic amines is 1. The van der Waals surface area contributed by atoms with Gasteiger partial charge in [0.25, 0.3) is 0 Å². The zero-order valence-corrected chi connectivity index (χ0v) is 15.2. The highest BCUT2D eigenvalue weighted by atomic mass is 32.2. The normalized spacial score (nSPS) is 12.1. The number of nitrogens with zero attached hydrogens (tertiary/aromatic N) is 2.